The highest BCUT2D eigenvalue weighted by molar-refractivity contribution is 5.67. The lowest BCUT2D eigenvalue weighted by molar-refractivity contribution is -0.137. The van der Waals surface area contributed by atoms with Gasteiger partial charge in [-0.1, -0.05) is 49.4 Å². The van der Waals surface area contributed by atoms with Crippen molar-refractivity contribution >= 4 is 12.0 Å². The number of hydrogen-bond donors (Lipinski definition) is 1. The van der Waals surface area contributed by atoms with Crippen LogP contribution in [0, 0.1) is 5.92 Å². The maximum atomic E-state index is 10.4. The first-order valence-electron chi connectivity index (χ1n) is 4.63. The Kier molecular flexibility index (Phi) is 3.92. The fraction of sp³-hybridized carbons (Fsp3) is 0.250. The third kappa shape index (κ3) is 3.90. The predicted molar refractivity (Wildman–Crippen MR) is 56.9 cm³/mol. The summed E-state index contributed by atoms with van der Waals surface area (Å²) in [4.78, 5) is 10.4. The van der Waals surface area contributed by atoms with Crippen LogP contribution in [0.5, 0.6) is 0 Å². The summed E-state index contributed by atoms with van der Waals surface area (Å²) in [6, 6.07) is 9.86. The molecule has 0 bridgehead atoms. The third-order valence-electron chi connectivity index (χ3n) is 1.91. The minimum atomic E-state index is -0.754. The summed E-state index contributed by atoms with van der Waals surface area (Å²) in [7, 11) is 0. The van der Waals surface area contributed by atoms with Crippen LogP contribution < -0.4 is 0 Å². The Hall–Kier alpha value is -1.57. The standard InChI is InChI=1S/C12H14O2/c1-10(9-12(13)14)7-8-11-5-3-2-4-6-11/h2-8,10H,9H2,1H3,(H,13,14)/b8-7-. The van der Waals surface area contributed by atoms with Gasteiger partial charge in [-0.2, -0.15) is 0 Å². The van der Waals surface area contributed by atoms with Crippen LogP contribution in [0.4, 0.5) is 0 Å². The van der Waals surface area contributed by atoms with Crippen LogP contribution >= 0.6 is 0 Å². The average molecular weight is 190 g/mol. The van der Waals surface area contributed by atoms with Crippen LogP contribution in [0.2, 0.25) is 0 Å². The van der Waals surface area contributed by atoms with E-state index in [1.54, 1.807) is 0 Å². The normalized spacial score (nSPS) is 12.9. The first-order valence-corrected chi connectivity index (χ1v) is 4.63. The molecule has 1 aromatic rings. The molecule has 0 aliphatic carbocycles. The lowest BCUT2D eigenvalue weighted by Gasteiger charge is -2.00. The van der Waals surface area contributed by atoms with Crippen molar-refractivity contribution < 1.29 is 9.90 Å². The van der Waals surface area contributed by atoms with Crippen molar-refractivity contribution in [3.8, 4) is 0 Å². The number of carboxylic acids is 1. The van der Waals surface area contributed by atoms with Gasteiger partial charge in [0.2, 0.25) is 0 Å². The van der Waals surface area contributed by atoms with Crippen molar-refractivity contribution in [3.63, 3.8) is 0 Å². The van der Waals surface area contributed by atoms with E-state index in [2.05, 4.69) is 0 Å². The van der Waals surface area contributed by atoms with Gasteiger partial charge >= 0.3 is 5.97 Å². The molecule has 1 atom stereocenters. The highest BCUT2D eigenvalue weighted by Gasteiger charge is 2.02. The average Bonchev–Trinajstić information content (AvgIpc) is 2.15. The van der Waals surface area contributed by atoms with Crippen molar-refractivity contribution in [1.29, 1.82) is 0 Å². The zero-order valence-electron chi connectivity index (χ0n) is 8.18. The topological polar surface area (TPSA) is 37.3 Å². The molecule has 0 aromatic heterocycles. The highest BCUT2D eigenvalue weighted by atomic mass is 16.4. The largest absolute Gasteiger partial charge is 0.481 e. The number of hydrogen-bond acceptors (Lipinski definition) is 1. The van der Waals surface area contributed by atoms with Crippen LogP contribution in [0.3, 0.4) is 0 Å². The van der Waals surface area contributed by atoms with Crippen LogP contribution in [0.1, 0.15) is 18.9 Å². The van der Waals surface area contributed by atoms with Crippen molar-refractivity contribution in [2.24, 2.45) is 5.92 Å². The zero-order chi connectivity index (χ0) is 10.4. The number of rotatable bonds is 4. The van der Waals surface area contributed by atoms with E-state index in [1.165, 1.54) is 0 Å². The molecule has 1 rings (SSSR count). The van der Waals surface area contributed by atoms with E-state index in [4.69, 9.17) is 5.11 Å². The van der Waals surface area contributed by atoms with Gasteiger partial charge in [0.1, 0.15) is 0 Å². The van der Waals surface area contributed by atoms with Crippen LogP contribution in [0.15, 0.2) is 36.4 Å². The fourth-order valence-corrected chi connectivity index (χ4v) is 1.18. The molecule has 0 heterocycles. The molecule has 0 amide bonds. The number of aliphatic carboxylic acids is 1. The second kappa shape index (κ2) is 5.22. The first-order chi connectivity index (χ1) is 6.68. The van der Waals surface area contributed by atoms with Gasteiger partial charge in [-0.05, 0) is 11.5 Å². The molecule has 74 valence electrons. The summed E-state index contributed by atoms with van der Waals surface area (Å²) < 4.78 is 0. The second-order valence-corrected chi connectivity index (χ2v) is 3.34. The number of allylic oxidation sites excluding steroid dienone is 1. The summed E-state index contributed by atoms with van der Waals surface area (Å²) in [6.07, 6.45) is 4.06. The molecule has 14 heavy (non-hydrogen) atoms. The maximum absolute atomic E-state index is 10.4. The van der Waals surface area contributed by atoms with E-state index in [-0.39, 0.29) is 12.3 Å². The molecular weight excluding hydrogens is 176 g/mol. The Morgan fingerprint density at radius 1 is 1.43 bits per heavy atom. The van der Waals surface area contributed by atoms with E-state index in [0.29, 0.717) is 0 Å². The van der Waals surface area contributed by atoms with Crippen LogP contribution in [-0.4, -0.2) is 11.1 Å². The molecule has 0 fully saturated rings. The van der Waals surface area contributed by atoms with Crippen molar-refractivity contribution in [1.82, 2.24) is 0 Å². The summed E-state index contributed by atoms with van der Waals surface area (Å²) in [5.41, 5.74) is 1.10. The molecule has 2 nitrogen and oxygen atoms in total. The molecule has 0 aliphatic heterocycles. The number of carbonyl (C=O) groups is 1. The molecule has 0 saturated carbocycles. The highest BCUT2D eigenvalue weighted by Crippen LogP contribution is 2.08. The Bertz CT molecular complexity index is 314. The summed E-state index contributed by atoms with van der Waals surface area (Å²) in [5, 5.41) is 8.55. The number of carboxylic acid groups (broad SMARTS) is 1. The lowest BCUT2D eigenvalue weighted by atomic mass is 10.1. The Morgan fingerprint density at radius 3 is 2.64 bits per heavy atom. The predicted octanol–water partition coefficient (Wildman–Crippen LogP) is 2.81. The Balaban J connectivity index is 2.52. The van der Waals surface area contributed by atoms with E-state index >= 15 is 0 Å². The summed E-state index contributed by atoms with van der Waals surface area (Å²) in [6.45, 7) is 1.90. The SMILES string of the molecule is CC(/C=C\c1ccccc1)CC(=O)O. The fourth-order valence-electron chi connectivity index (χ4n) is 1.18. The van der Waals surface area contributed by atoms with Crippen molar-refractivity contribution in [3.05, 3.63) is 42.0 Å². The van der Waals surface area contributed by atoms with Gasteiger partial charge in [0.25, 0.3) is 0 Å². The summed E-state index contributed by atoms with van der Waals surface area (Å²) >= 11 is 0. The van der Waals surface area contributed by atoms with Gasteiger partial charge in [-0.3, -0.25) is 4.79 Å². The molecule has 0 saturated heterocycles. The van der Waals surface area contributed by atoms with Crippen LogP contribution in [-0.2, 0) is 4.79 Å². The smallest absolute Gasteiger partial charge is 0.303 e. The minimum Gasteiger partial charge on any atom is -0.481 e. The molecule has 1 aromatic carbocycles. The minimum absolute atomic E-state index is 0.0766. The molecular formula is C12H14O2. The molecule has 0 aliphatic rings. The van der Waals surface area contributed by atoms with Crippen LogP contribution in [0.25, 0.3) is 6.08 Å². The molecule has 0 spiro atoms. The van der Waals surface area contributed by atoms with Crippen molar-refractivity contribution in [2.45, 2.75) is 13.3 Å². The van der Waals surface area contributed by atoms with Gasteiger partial charge in [0.05, 0.1) is 6.42 Å². The Morgan fingerprint density at radius 2 is 2.07 bits per heavy atom. The van der Waals surface area contributed by atoms with Crippen molar-refractivity contribution in [2.75, 3.05) is 0 Å². The van der Waals surface area contributed by atoms with Gasteiger partial charge in [-0.15, -0.1) is 0 Å². The van der Waals surface area contributed by atoms with E-state index < -0.39 is 5.97 Å². The zero-order valence-corrected chi connectivity index (χ0v) is 8.18. The van der Waals surface area contributed by atoms with E-state index in [0.717, 1.165) is 5.56 Å². The van der Waals surface area contributed by atoms with E-state index in [1.807, 2.05) is 49.4 Å². The monoisotopic (exact) mass is 190 g/mol. The van der Waals surface area contributed by atoms with Gasteiger partial charge < -0.3 is 5.11 Å². The number of benzene rings is 1. The van der Waals surface area contributed by atoms with Gasteiger partial charge in [0.15, 0.2) is 0 Å². The van der Waals surface area contributed by atoms with Gasteiger partial charge in [0, 0.05) is 0 Å². The lowest BCUT2D eigenvalue weighted by Crippen LogP contribution is -2.00. The molecule has 0 radical (unpaired) electrons. The van der Waals surface area contributed by atoms with E-state index in [9.17, 15) is 4.79 Å². The first kappa shape index (κ1) is 10.5. The van der Waals surface area contributed by atoms with Gasteiger partial charge in [-0.25, -0.2) is 0 Å². The maximum Gasteiger partial charge on any atom is 0.303 e. The quantitative estimate of drug-likeness (QED) is 0.792. The summed E-state index contributed by atoms with van der Waals surface area (Å²) in [5.74, 6) is -0.678. The molecule has 1 unspecified atom stereocenters. The second-order valence-electron chi connectivity index (χ2n) is 3.34. The molecule has 2 heteroatoms. The third-order valence-corrected chi connectivity index (χ3v) is 1.91. The Labute approximate surface area is 83.9 Å². The molecule has 1 N–H and O–H groups in total.